The summed E-state index contributed by atoms with van der Waals surface area (Å²) in [4.78, 5) is 4.15. The average Bonchev–Trinajstić information content (AvgIpc) is 2.58. The summed E-state index contributed by atoms with van der Waals surface area (Å²) in [6.45, 7) is 2.28. The van der Waals surface area contributed by atoms with Gasteiger partial charge in [0.25, 0.3) is 0 Å². The SMILES string of the molecule is CC1CCC(c2nc(O)cn2C)C1. The molecule has 0 radical (unpaired) electrons. The number of imidazole rings is 1. The van der Waals surface area contributed by atoms with Gasteiger partial charge in [0.1, 0.15) is 5.82 Å². The van der Waals surface area contributed by atoms with E-state index in [1.165, 1.54) is 19.3 Å². The van der Waals surface area contributed by atoms with E-state index in [2.05, 4.69) is 11.9 Å². The number of aromatic hydroxyl groups is 1. The molecule has 2 unspecified atom stereocenters. The minimum Gasteiger partial charge on any atom is -0.492 e. The third kappa shape index (κ3) is 1.55. The molecule has 1 aromatic rings. The highest BCUT2D eigenvalue weighted by atomic mass is 16.3. The van der Waals surface area contributed by atoms with E-state index in [0.29, 0.717) is 5.92 Å². The summed E-state index contributed by atoms with van der Waals surface area (Å²) in [6.07, 6.45) is 5.40. The Labute approximate surface area is 78.4 Å². The van der Waals surface area contributed by atoms with E-state index in [1.807, 2.05) is 11.6 Å². The molecule has 1 N–H and O–H groups in total. The Morgan fingerprint density at radius 3 is 2.77 bits per heavy atom. The molecule has 0 amide bonds. The largest absolute Gasteiger partial charge is 0.492 e. The van der Waals surface area contributed by atoms with Gasteiger partial charge in [0, 0.05) is 13.0 Å². The molecule has 1 aromatic heterocycles. The minimum absolute atomic E-state index is 0.150. The highest BCUT2D eigenvalue weighted by Crippen LogP contribution is 2.37. The van der Waals surface area contributed by atoms with Gasteiger partial charge in [-0.2, -0.15) is 4.98 Å². The van der Waals surface area contributed by atoms with Crippen molar-refractivity contribution in [3.05, 3.63) is 12.0 Å². The Kier molecular flexibility index (Phi) is 2.02. The lowest BCUT2D eigenvalue weighted by molar-refractivity contribution is 0.453. The van der Waals surface area contributed by atoms with Crippen LogP contribution in [0, 0.1) is 5.92 Å². The van der Waals surface area contributed by atoms with E-state index in [-0.39, 0.29) is 5.88 Å². The Bertz CT molecular complexity index is 306. The fourth-order valence-electron chi connectivity index (χ4n) is 2.29. The third-order valence-electron chi connectivity index (χ3n) is 2.96. The van der Waals surface area contributed by atoms with Crippen molar-refractivity contribution in [3.8, 4) is 5.88 Å². The van der Waals surface area contributed by atoms with Crippen molar-refractivity contribution in [2.75, 3.05) is 0 Å². The molecule has 1 fully saturated rings. The maximum absolute atomic E-state index is 9.23. The summed E-state index contributed by atoms with van der Waals surface area (Å²) in [5.74, 6) is 2.56. The molecule has 0 bridgehead atoms. The van der Waals surface area contributed by atoms with Crippen molar-refractivity contribution in [1.29, 1.82) is 0 Å². The maximum Gasteiger partial charge on any atom is 0.229 e. The molecule has 0 saturated heterocycles. The van der Waals surface area contributed by atoms with Crippen molar-refractivity contribution in [2.45, 2.75) is 32.1 Å². The van der Waals surface area contributed by atoms with Crippen LogP contribution >= 0.6 is 0 Å². The molecule has 1 aliphatic carbocycles. The molecule has 2 rings (SSSR count). The third-order valence-corrected chi connectivity index (χ3v) is 2.96. The highest BCUT2D eigenvalue weighted by molar-refractivity contribution is 5.12. The van der Waals surface area contributed by atoms with Gasteiger partial charge in [0.05, 0.1) is 6.20 Å². The van der Waals surface area contributed by atoms with Crippen LogP contribution in [-0.4, -0.2) is 14.7 Å². The molecule has 0 spiro atoms. The van der Waals surface area contributed by atoms with Crippen LogP contribution < -0.4 is 0 Å². The van der Waals surface area contributed by atoms with E-state index in [0.717, 1.165) is 11.7 Å². The molecule has 72 valence electrons. The first-order chi connectivity index (χ1) is 6.16. The average molecular weight is 180 g/mol. The van der Waals surface area contributed by atoms with Crippen LogP contribution in [0.2, 0.25) is 0 Å². The van der Waals surface area contributed by atoms with Crippen LogP contribution in [0.1, 0.15) is 37.9 Å². The predicted molar refractivity (Wildman–Crippen MR) is 50.6 cm³/mol. The lowest BCUT2D eigenvalue weighted by atomic mass is 10.1. The van der Waals surface area contributed by atoms with Crippen molar-refractivity contribution in [1.82, 2.24) is 9.55 Å². The van der Waals surface area contributed by atoms with Crippen LogP contribution in [-0.2, 0) is 7.05 Å². The van der Waals surface area contributed by atoms with Gasteiger partial charge in [0.15, 0.2) is 0 Å². The van der Waals surface area contributed by atoms with Gasteiger partial charge in [-0.1, -0.05) is 6.92 Å². The van der Waals surface area contributed by atoms with E-state index in [1.54, 1.807) is 6.20 Å². The molecule has 13 heavy (non-hydrogen) atoms. The van der Waals surface area contributed by atoms with Gasteiger partial charge < -0.3 is 9.67 Å². The first-order valence-corrected chi connectivity index (χ1v) is 4.89. The molecule has 1 heterocycles. The fourth-order valence-corrected chi connectivity index (χ4v) is 2.29. The molecular formula is C10H16N2O. The molecule has 1 saturated carbocycles. The van der Waals surface area contributed by atoms with Crippen LogP contribution in [0.15, 0.2) is 6.20 Å². The number of rotatable bonds is 1. The molecule has 0 aliphatic heterocycles. The molecular weight excluding hydrogens is 164 g/mol. The van der Waals surface area contributed by atoms with E-state index >= 15 is 0 Å². The second-order valence-corrected chi connectivity index (χ2v) is 4.18. The topological polar surface area (TPSA) is 38.1 Å². The summed E-state index contributed by atoms with van der Waals surface area (Å²) < 4.78 is 1.94. The van der Waals surface area contributed by atoms with Crippen LogP contribution in [0.25, 0.3) is 0 Å². The van der Waals surface area contributed by atoms with E-state index < -0.39 is 0 Å². The molecule has 0 aromatic carbocycles. The summed E-state index contributed by atoms with van der Waals surface area (Å²) in [6, 6.07) is 0. The smallest absolute Gasteiger partial charge is 0.229 e. The molecule has 1 aliphatic rings. The minimum atomic E-state index is 0.150. The lowest BCUT2D eigenvalue weighted by Gasteiger charge is -2.08. The standard InChI is InChI=1S/C10H16N2O/c1-7-3-4-8(5-7)10-11-9(13)6-12(10)2/h6-8,13H,3-5H2,1-2H3. The van der Waals surface area contributed by atoms with E-state index in [9.17, 15) is 5.11 Å². The second-order valence-electron chi connectivity index (χ2n) is 4.18. The Morgan fingerprint density at radius 1 is 1.54 bits per heavy atom. The first-order valence-electron chi connectivity index (χ1n) is 4.89. The normalized spacial score (nSPS) is 28.2. The van der Waals surface area contributed by atoms with Crippen LogP contribution in [0.4, 0.5) is 0 Å². The summed E-state index contributed by atoms with van der Waals surface area (Å²) in [7, 11) is 1.95. The second kappa shape index (κ2) is 3.05. The number of aryl methyl sites for hydroxylation is 1. The van der Waals surface area contributed by atoms with Crippen molar-refractivity contribution in [3.63, 3.8) is 0 Å². The number of nitrogens with zero attached hydrogens (tertiary/aromatic N) is 2. The molecule has 3 heteroatoms. The summed E-state index contributed by atoms with van der Waals surface area (Å²) in [5.41, 5.74) is 0. The van der Waals surface area contributed by atoms with Gasteiger partial charge >= 0.3 is 0 Å². The Morgan fingerprint density at radius 2 is 2.31 bits per heavy atom. The number of aromatic nitrogens is 2. The zero-order valence-electron chi connectivity index (χ0n) is 8.20. The van der Waals surface area contributed by atoms with Crippen molar-refractivity contribution >= 4 is 0 Å². The van der Waals surface area contributed by atoms with E-state index in [4.69, 9.17) is 0 Å². The Balaban J connectivity index is 2.20. The zero-order valence-corrected chi connectivity index (χ0v) is 8.20. The summed E-state index contributed by atoms with van der Waals surface area (Å²) >= 11 is 0. The monoisotopic (exact) mass is 180 g/mol. The van der Waals surface area contributed by atoms with Crippen LogP contribution in [0.5, 0.6) is 5.88 Å². The Hall–Kier alpha value is -0.990. The maximum atomic E-state index is 9.23. The fraction of sp³-hybridized carbons (Fsp3) is 0.700. The first kappa shape index (κ1) is 8.60. The van der Waals surface area contributed by atoms with Crippen molar-refractivity contribution in [2.24, 2.45) is 13.0 Å². The summed E-state index contributed by atoms with van der Waals surface area (Å²) in [5, 5.41) is 9.23. The van der Waals surface area contributed by atoms with Gasteiger partial charge in [0.2, 0.25) is 5.88 Å². The van der Waals surface area contributed by atoms with Gasteiger partial charge in [-0.15, -0.1) is 0 Å². The predicted octanol–water partition coefficient (Wildman–Crippen LogP) is 2.03. The highest BCUT2D eigenvalue weighted by Gasteiger charge is 2.26. The zero-order chi connectivity index (χ0) is 9.42. The lowest BCUT2D eigenvalue weighted by Crippen LogP contribution is -2.02. The van der Waals surface area contributed by atoms with Gasteiger partial charge in [-0.05, 0) is 25.2 Å². The molecule has 3 nitrogen and oxygen atoms in total. The van der Waals surface area contributed by atoms with Gasteiger partial charge in [-0.25, -0.2) is 0 Å². The quantitative estimate of drug-likeness (QED) is 0.718. The van der Waals surface area contributed by atoms with Crippen molar-refractivity contribution < 1.29 is 5.11 Å². The molecule has 2 atom stereocenters. The van der Waals surface area contributed by atoms with Gasteiger partial charge in [-0.3, -0.25) is 0 Å². The number of hydrogen-bond donors (Lipinski definition) is 1. The van der Waals surface area contributed by atoms with Crippen LogP contribution in [0.3, 0.4) is 0 Å². The number of hydrogen-bond acceptors (Lipinski definition) is 2.